The number of aryl methyl sites for hydroxylation is 1. The van der Waals surface area contributed by atoms with Crippen LogP contribution in [0.5, 0.6) is 0 Å². The molecule has 1 fully saturated rings. The number of carboxylic acid groups (broad SMARTS) is 1. The zero-order chi connectivity index (χ0) is 12.5. The minimum atomic E-state index is -0.776. The van der Waals surface area contributed by atoms with Crippen LogP contribution in [-0.4, -0.2) is 29.7 Å². The van der Waals surface area contributed by atoms with Crippen molar-refractivity contribution in [1.29, 1.82) is 0 Å². The van der Waals surface area contributed by atoms with Gasteiger partial charge in [0.15, 0.2) is 0 Å². The average Bonchev–Trinajstić information content (AvgIpc) is 2.18. The van der Waals surface area contributed by atoms with E-state index in [4.69, 9.17) is 5.11 Å². The summed E-state index contributed by atoms with van der Waals surface area (Å²) in [6.45, 7) is 3.38. The molecule has 0 aromatic heterocycles. The second-order valence-electron chi connectivity index (χ2n) is 4.56. The van der Waals surface area contributed by atoms with Crippen LogP contribution < -0.4 is 10.6 Å². The number of carbonyl (C=O) groups is 1. The summed E-state index contributed by atoms with van der Waals surface area (Å²) in [6.07, 6.45) is 0.125. The van der Waals surface area contributed by atoms with Gasteiger partial charge in [0, 0.05) is 23.2 Å². The van der Waals surface area contributed by atoms with E-state index in [9.17, 15) is 4.79 Å². The van der Waals surface area contributed by atoms with E-state index in [0.29, 0.717) is 13.1 Å². The molecular formula is C12H15BrN2O2. The Hall–Kier alpha value is -1.07. The zero-order valence-electron chi connectivity index (χ0n) is 9.59. The minimum absolute atomic E-state index is 0.125. The number of halogens is 1. The molecule has 1 saturated heterocycles. The number of nitrogens with one attached hydrogen (secondary N) is 2. The Balaban J connectivity index is 2.15. The highest BCUT2D eigenvalue weighted by atomic mass is 79.9. The van der Waals surface area contributed by atoms with Crippen molar-refractivity contribution < 1.29 is 9.90 Å². The van der Waals surface area contributed by atoms with Crippen LogP contribution in [0.2, 0.25) is 0 Å². The molecule has 4 nitrogen and oxygen atoms in total. The Kier molecular flexibility index (Phi) is 3.40. The van der Waals surface area contributed by atoms with Crippen molar-refractivity contribution in [2.75, 3.05) is 18.4 Å². The highest BCUT2D eigenvalue weighted by molar-refractivity contribution is 9.10. The number of benzene rings is 1. The molecule has 1 aliphatic rings. The van der Waals surface area contributed by atoms with E-state index in [1.54, 1.807) is 0 Å². The van der Waals surface area contributed by atoms with Crippen molar-refractivity contribution in [3.05, 3.63) is 28.2 Å². The van der Waals surface area contributed by atoms with Crippen LogP contribution in [0.15, 0.2) is 22.7 Å². The predicted molar refractivity (Wildman–Crippen MR) is 70.4 cm³/mol. The summed E-state index contributed by atoms with van der Waals surface area (Å²) in [4.78, 5) is 10.9. The molecule has 1 aromatic carbocycles. The average molecular weight is 299 g/mol. The summed E-state index contributed by atoms with van der Waals surface area (Å²) in [7, 11) is 0. The first-order chi connectivity index (χ1) is 8.01. The van der Waals surface area contributed by atoms with Gasteiger partial charge in [-0.05, 0) is 40.5 Å². The van der Waals surface area contributed by atoms with E-state index < -0.39 is 5.97 Å². The molecule has 1 heterocycles. The lowest BCUT2D eigenvalue weighted by Gasteiger charge is -2.43. The van der Waals surface area contributed by atoms with Gasteiger partial charge in [-0.2, -0.15) is 0 Å². The second kappa shape index (κ2) is 4.66. The molecule has 0 bridgehead atoms. The van der Waals surface area contributed by atoms with Crippen LogP contribution >= 0.6 is 15.9 Å². The molecule has 0 saturated carbocycles. The first kappa shape index (κ1) is 12.4. The Morgan fingerprint density at radius 1 is 1.59 bits per heavy atom. The fourth-order valence-electron chi connectivity index (χ4n) is 1.98. The lowest BCUT2D eigenvalue weighted by molar-refractivity contribution is -0.138. The molecule has 17 heavy (non-hydrogen) atoms. The third-order valence-corrected chi connectivity index (χ3v) is 3.60. The molecule has 0 spiro atoms. The molecular weight excluding hydrogens is 284 g/mol. The SMILES string of the molecule is Cc1ccc(NC2(CC(=O)O)CNC2)c(Br)c1. The summed E-state index contributed by atoms with van der Waals surface area (Å²) < 4.78 is 0.967. The monoisotopic (exact) mass is 298 g/mol. The smallest absolute Gasteiger partial charge is 0.305 e. The van der Waals surface area contributed by atoms with E-state index in [2.05, 4.69) is 26.6 Å². The Bertz CT molecular complexity index is 444. The van der Waals surface area contributed by atoms with Crippen LogP contribution in [0, 0.1) is 6.92 Å². The summed E-state index contributed by atoms with van der Waals surface area (Å²) in [5.41, 5.74) is 1.75. The van der Waals surface area contributed by atoms with Crippen LogP contribution in [-0.2, 0) is 4.79 Å². The van der Waals surface area contributed by atoms with Gasteiger partial charge in [0.1, 0.15) is 0 Å². The van der Waals surface area contributed by atoms with Crippen molar-refractivity contribution in [2.24, 2.45) is 0 Å². The molecule has 1 aromatic rings. The molecule has 1 aliphatic heterocycles. The van der Waals surface area contributed by atoms with E-state index in [0.717, 1.165) is 10.2 Å². The van der Waals surface area contributed by atoms with Crippen molar-refractivity contribution >= 4 is 27.6 Å². The predicted octanol–water partition coefficient (Wildman–Crippen LogP) is 1.99. The Morgan fingerprint density at radius 2 is 2.29 bits per heavy atom. The van der Waals surface area contributed by atoms with Crippen LogP contribution in [0.25, 0.3) is 0 Å². The van der Waals surface area contributed by atoms with Gasteiger partial charge in [-0.25, -0.2) is 0 Å². The molecule has 2 rings (SSSR count). The van der Waals surface area contributed by atoms with E-state index >= 15 is 0 Å². The largest absolute Gasteiger partial charge is 0.481 e. The lowest BCUT2D eigenvalue weighted by Crippen LogP contribution is -2.65. The maximum absolute atomic E-state index is 10.9. The van der Waals surface area contributed by atoms with E-state index in [1.165, 1.54) is 5.56 Å². The normalized spacial score (nSPS) is 17.3. The van der Waals surface area contributed by atoms with Gasteiger partial charge in [0.25, 0.3) is 0 Å². The molecule has 0 radical (unpaired) electrons. The van der Waals surface area contributed by atoms with Crippen molar-refractivity contribution in [3.8, 4) is 0 Å². The van der Waals surface area contributed by atoms with Gasteiger partial charge in [-0.3, -0.25) is 4.79 Å². The Labute approximate surface area is 109 Å². The number of anilines is 1. The van der Waals surface area contributed by atoms with Gasteiger partial charge in [-0.15, -0.1) is 0 Å². The number of carboxylic acids is 1. The quantitative estimate of drug-likeness (QED) is 0.795. The summed E-state index contributed by atoms with van der Waals surface area (Å²) in [5.74, 6) is -0.776. The van der Waals surface area contributed by atoms with E-state index in [-0.39, 0.29) is 12.0 Å². The number of rotatable bonds is 4. The zero-order valence-corrected chi connectivity index (χ0v) is 11.2. The van der Waals surface area contributed by atoms with Gasteiger partial charge in [0.2, 0.25) is 0 Å². The fourth-order valence-corrected chi connectivity index (χ4v) is 2.57. The highest BCUT2D eigenvalue weighted by Crippen LogP contribution is 2.29. The van der Waals surface area contributed by atoms with Gasteiger partial charge in [0.05, 0.1) is 12.0 Å². The van der Waals surface area contributed by atoms with Crippen molar-refractivity contribution in [1.82, 2.24) is 5.32 Å². The number of hydrogen-bond donors (Lipinski definition) is 3. The van der Waals surface area contributed by atoms with Gasteiger partial charge in [-0.1, -0.05) is 6.07 Å². The summed E-state index contributed by atoms with van der Waals surface area (Å²) in [5, 5.41) is 15.4. The highest BCUT2D eigenvalue weighted by Gasteiger charge is 2.39. The molecule has 0 aliphatic carbocycles. The van der Waals surface area contributed by atoms with Crippen molar-refractivity contribution in [2.45, 2.75) is 18.9 Å². The molecule has 3 N–H and O–H groups in total. The van der Waals surface area contributed by atoms with Gasteiger partial charge >= 0.3 is 5.97 Å². The van der Waals surface area contributed by atoms with Crippen molar-refractivity contribution in [3.63, 3.8) is 0 Å². The van der Waals surface area contributed by atoms with Crippen LogP contribution in [0.1, 0.15) is 12.0 Å². The second-order valence-corrected chi connectivity index (χ2v) is 5.42. The number of hydrogen-bond acceptors (Lipinski definition) is 3. The maximum atomic E-state index is 10.9. The first-order valence-electron chi connectivity index (χ1n) is 5.48. The summed E-state index contributed by atoms with van der Waals surface area (Å²) in [6, 6.07) is 6.00. The third-order valence-electron chi connectivity index (χ3n) is 2.94. The van der Waals surface area contributed by atoms with Gasteiger partial charge < -0.3 is 15.7 Å². The maximum Gasteiger partial charge on any atom is 0.305 e. The summed E-state index contributed by atoms with van der Waals surface area (Å²) >= 11 is 3.49. The van der Waals surface area contributed by atoms with Crippen LogP contribution in [0.4, 0.5) is 5.69 Å². The molecule has 0 atom stereocenters. The standard InChI is InChI=1S/C12H15BrN2O2/c1-8-2-3-10(9(13)4-8)15-12(5-11(16)17)6-14-7-12/h2-4,14-15H,5-7H2,1H3,(H,16,17). The molecule has 92 valence electrons. The lowest BCUT2D eigenvalue weighted by atomic mass is 9.88. The van der Waals surface area contributed by atoms with E-state index in [1.807, 2.05) is 25.1 Å². The minimum Gasteiger partial charge on any atom is -0.481 e. The molecule has 0 unspecified atom stereocenters. The Morgan fingerprint density at radius 3 is 2.76 bits per heavy atom. The first-order valence-corrected chi connectivity index (χ1v) is 6.27. The third kappa shape index (κ3) is 2.79. The number of aliphatic carboxylic acids is 1. The topological polar surface area (TPSA) is 61.4 Å². The van der Waals surface area contributed by atoms with Crippen LogP contribution in [0.3, 0.4) is 0 Å². The molecule has 0 amide bonds. The fraction of sp³-hybridized carbons (Fsp3) is 0.417. The molecule has 5 heteroatoms.